The minimum atomic E-state index is -0.540. The number of benzene rings is 2. The van der Waals surface area contributed by atoms with Gasteiger partial charge >= 0.3 is 5.97 Å². The lowest BCUT2D eigenvalue weighted by Gasteiger charge is -2.18. The SMILES string of the molecule is COc1ccc2cc(C(=O)OCc3csc(N(C(C)=O)c4ccccc4F)n3)[nH]c2c1. The predicted molar refractivity (Wildman–Crippen MR) is 115 cm³/mol. The van der Waals surface area contributed by atoms with Crippen LogP contribution in [0.25, 0.3) is 10.9 Å². The van der Waals surface area contributed by atoms with Gasteiger partial charge in [-0.1, -0.05) is 12.1 Å². The molecule has 2 aromatic heterocycles. The maximum atomic E-state index is 14.2. The molecule has 0 aliphatic rings. The molecule has 0 radical (unpaired) electrons. The number of para-hydroxylation sites is 1. The zero-order valence-corrected chi connectivity index (χ0v) is 17.5. The van der Waals surface area contributed by atoms with Crippen LogP contribution in [0.2, 0.25) is 0 Å². The van der Waals surface area contributed by atoms with Crippen LogP contribution in [0.4, 0.5) is 15.2 Å². The second-order valence-electron chi connectivity index (χ2n) is 6.64. The largest absolute Gasteiger partial charge is 0.497 e. The summed E-state index contributed by atoms with van der Waals surface area (Å²) in [5.41, 5.74) is 1.62. The van der Waals surface area contributed by atoms with Gasteiger partial charge in [0.25, 0.3) is 0 Å². The molecule has 1 amide bonds. The molecule has 0 saturated heterocycles. The van der Waals surface area contributed by atoms with Crippen molar-refractivity contribution < 1.29 is 23.5 Å². The molecule has 4 rings (SSSR count). The molecule has 0 aliphatic heterocycles. The number of carbonyl (C=O) groups excluding carboxylic acids is 2. The lowest BCUT2D eigenvalue weighted by Crippen LogP contribution is -2.23. The van der Waals surface area contributed by atoms with Crippen LogP contribution in [0.15, 0.2) is 53.9 Å². The molecular formula is C22H18FN3O4S. The van der Waals surface area contributed by atoms with Crippen molar-refractivity contribution in [2.75, 3.05) is 12.0 Å². The van der Waals surface area contributed by atoms with E-state index in [1.54, 1.807) is 42.8 Å². The highest BCUT2D eigenvalue weighted by atomic mass is 32.1. The van der Waals surface area contributed by atoms with E-state index in [0.717, 1.165) is 22.2 Å². The average molecular weight is 439 g/mol. The summed E-state index contributed by atoms with van der Waals surface area (Å²) in [6, 6.07) is 13.1. The van der Waals surface area contributed by atoms with Gasteiger partial charge in [0.2, 0.25) is 5.91 Å². The number of aromatic nitrogens is 2. The van der Waals surface area contributed by atoms with Crippen LogP contribution in [-0.4, -0.2) is 29.0 Å². The summed E-state index contributed by atoms with van der Waals surface area (Å²) in [5.74, 6) is -0.774. The van der Waals surface area contributed by atoms with Crippen LogP contribution < -0.4 is 9.64 Å². The van der Waals surface area contributed by atoms with E-state index in [0.29, 0.717) is 22.3 Å². The van der Waals surface area contributed by atoms with Gasteiger partial charge in [-0.15, -0.1) is 11.3 Å². The number of H-pyrrole nitrogens is 1. The first-order chi connectivity index (χ1) is 15.0. The van der Waals surface area contributed by atoms with Gasteiger partial charge in [0.15, 0.2) is 5.13 Å². The van der Waals surface area contributed by atoms with Crippen molar-refractivity contribution in [3.05, 3.63) is 71.1 Å². The van der Waals surface area contributed by atoms with Crippen LogP contribution in [0, 0.1) is 5.82 Å². The first-order valence-electron chi connectivity index (χ1n) is 9.30. The number of rotatable bonds is 6. The molecule has 31 heavy (non-hydrogen) atoms. The van der Waals surface area contributed by atoms with Gasteiger partial charge in [-0.3, -0.25) is 9.69 Å². The summed E-state index contributed by atoms with van der Waals surface area (Å²) in [6.45, 7) is 1.25. The van der Waals surface area contributed by atoms with Crippen LogP contribution in [0.3, 0.4) is 0 Å². The number of nitrogens with zero attached hydrogens (tertiary/aromatic N) is 2. The van der Waals surface area contributed by atoms with Gasteiger partial charge < -0.3 is 14.5 Å². The first-order valence-corrected chi connectivity index (χ1v) is 10.2. The molecule has 2 heterocycles. The normalized spacial score (nSPS) is 10.8. The summed E-state index contributed by atoms with van der Waals surface area (Å²) < 4.78 is 24.7. The number of anilines is 2. The molecule has 2 aromatic carbocycles. The first kappa shape index (κ1) is 20.5. The molecule has 0 unspecified atom stereocenters. The number of amides is 1. The van der Waals surface area contributed by atoms with Gasteiger partial charge in [0, 0.05) is 29.3 Å². The second-order valence-corrected chi connectivity index (χ2v) is 7.48. The number of halogens is 1. The smallest absolute Gasteiger partial charge is 0.355 e. The molecule has 4 aromatic rings. The number of fused-ring (bicyclic) bond motifs is 1. The van der Waals surface area contributed by atoms with E-state index in [-0.39, 0.29) is 18.2 Å². The van der Waals surface area contributed by atoms with Crippen molar-refractivity contribution in [3.8, 4) is 5.75 Å². The number of esters is 1. The highest BCUT2D eigenvalue weighted by Gasteiger charge is 2.21. The minimum Gasteiger partial charge on any atom is -0.497 e. The Morgan fingerprint density at radius 3 is 2.74 bits per heavy atom. The fraction of sp³-hybridized carbons (Fsp3) is 0.136. The molecular weight excluding hydrogens is 421 g/mol. The molecule has 0 bridgehead atoms. The minimum absolute atomic E-state index is 0.0863. The number of aromatic amines is 1. The second kappa shape index (κ2) is 8.57. The molecule has 7 nitrogen and oxygen atoms in total. The molecule has 0 atom stereocenters. The van der Waals surface area contributed by atoms with Crippen molar-refractivity contribution in [2.24, 2.45) is 0 Å². The number of ether oxygens (including phenoxy) is 2. The molecule has 0 aliphatic carbocycles. The quantitative estimate of drug-likeness (QED) is 0.436. The third-order valence-electron chi connectivity index (χ3n) is 4.54. The van der Waals surface area contributed by atoms with Gasteiger partial charge in [-0.25, -0.2) is 14.2 Å². The van der Waals surface area contributed by atoms with E-state index in [9.17, 15) is 14.0 Å². The fourth-order valence-corrected chi connectivity index (χ4v) is 3.93. The summed E-state index contributed by atoms with van der Waals surface area (Å²) in [4.78, 5) is 33.1. The Morgan fingerprint density at radius 2 is 2.00 bits per heavy atom. The lowest BCUT2D eigenvalue weighted by molar-refractivity contribution is -0.115. The summed E-state index contributed by atoms with van der Waals surface area (Å²) >= 11 is 1.16. The van der Waals surface area contributed by atoms with Gasteiger partial charge in [-0.2, -0.15) is 0 Å². The van der Waals surface area contributed by atoms with E-state index >= 15 is 0 Å². The van der Waals surface area contributed by atoms with Crippen molar-refractivity contribution in [3.63, 3.8) is 0 Å². The van der Waals surface area contributed by atoms with Crippen LogP contribution >= 0.6 is 11.3 Å². The van der Waals surface area contributed by atoms with E-state index < -0.39 is 11.8 Å². The Kier molecular flexibility index (Phi) is 5.68. The highest BCUT2D eigenvalue weighted by Crippen LogP contribution is 2.31. The average Bonchev–Trinajstić information content (AvgIpc) is 3.40. The molecule has 158 valence electrons. The van der Waals surface area contributed by atoms with Crippen LogP contribution in [0.5, 0.6) is 5.75 Å². The standard InChI is InChI=1S/C22H18FN3O4S/c1-13(27)26(20-6-4-3-5-17(20)23)22-24-15(12-31-22)11-30-21(28)19-9-14-7-8-16(29-2)10-18(14)25-19/h3-10,12,25H,11H2,1-2H3. The third-order valence-corrected chi connectivity index (χ3v) is 5.41. The van der Waals surface area contributed by atoms with Crippen LogP contribution in [-0.2, 0) is 16.1 Å². The Bertz CT molecular complexity index is 1270. The van der Waals surface area contributed by atoms with Crippen molar-refractivity contribution >= 4 is 44.9 Å². The zero-order chi connectivity index (χ0) is 22.0. The maximum absolute atomic E-state index is 14.2. The molecule has 0 spiro atoms. The fourth-order valence-electron chi connectivity index (χ4n) is 3.07. The monoisotopic (exact) mass is 439 g/mol. The Balaban J connectivity index is 1.48. The summed E-state index contributed by atoms with van der Waals surface area (Å²) in [6.07, 6.45) is 0. The molecule has 0 saturated carbocycles. The van der Waals surface area contributed by atoms with Crippen molar-refractivity contribution in [2.45, 2.75) is 13.5 Å². The number of hydrogen-bond acceptors (Lipinski definition) is 6. The number of hydrogen-bond donors (Lipinski definition) is 1. The van der Waals surface area contributed by atoms with E-state index in [4.69, 9.17) is 9.47 Å². The number of carbonyl (C=O) groups is 2. The zero-order valence-electron chi connectivity index (χ0n) is 16.7. The highest BCUT2D eigenvalue weighted by molar-refractivity contribution is 7.14. The topological polar surface area (TPSA) is 84.5 Å². The molecule has 9 heteroatoms. The predicted octanol–water partition coefficient (Wildman–Crippen LogP) is 4.81. The number of methoxy groups -OCH3 is 1. The lowest BCUT2D eigenvalue weighted by atomic mass is 10.2. The van der Waals surface area contributed by atoms with E-state index in [1.165, 1.54) is 24.0 Å². The van der Waals surface area contributed by atoms with Gasteiger partial charge in [-0.05, 0) is 30.3 Å². The van der Waals surface area contributed by atoms with Crippen molar-refractivity contribution in [1.82, 2.24) is 9.97 Å². The number of thiazole rings is 1. The maximum Gasteiger partial charge on any atom is 0.355 e. The Labute approximate surface area is 181 Å². The van der Waals surface area contributed by atoms with Gasteiger partial charge in [0.05, 0.1) is 18.5 Å². The van der Waals surface area contributed by atoms with E-state index in [1.807, 2.05) is 6.07 Å². The summed E-state index contributed by atoms with van der Waals surface area (Å²) in [5, 5.41) is 2.81. The van der Waals surface area contributed by atoms with Crippen molar-refractivity contribution in [1.29, 1.82) is 0 Å². The third kappa shape index (κ3) is 4.26. The summed E-state index contributed by atoms with van der Waals surface area (Å²) in [7, 11) is 1.57. The van der Waals surface area contributed by atoms with Crippen LogP contribution in [0.1, 0.15) is 23.1 Å². The number of nitrogens with one attached hydrogen (secondary N) is 1. The molecule has 0 fully saturated rings. The van der Waals surface area contributed by atoms with Gasteiger partial charge in [0.1, 0.15) is 23.9 Å². The Morgan fingerprint density at radius 1 is 1.19 bits per heavy atom. The molecule has 1 N–H and O–H groups in total. The Hall–Kier alpha value is -3.72. The van der Waals surface area contributed by atoms with E-state index in [2.05, 4.69) is 9.97 Å².